The zero-order valence-electron chi connectivity index (χ0n) is 9.95. The lowest BCUT2D eigenvalue weighted by molar-refractivity contribution is 0.102. The van der Waals surface area contributed by atoms with Crippen LogP contribution in [0.5, 0.6) is 5.75 Å². The third-order valence-corrected chi connectivity index (χ3v) is 3.45. The van der Waals surface area contributed by atoms with Crippen molar-refractivity contribution in [2.45, 2.75) is 0 Å². The molecule has 1 amide bonds. The van der Waals surface area contributed by atoms with Crippen LogP contribution in [0.2, 0.25) is 15.1 Å². The molecule has 0 bridgehead atoms. The molecule has 104 valence electrons. The Kier molecular flexibility index (Phi) is 4.28. The summed E-state index contributed by atoms with van der Waals surface area (Å²) in [5.41, 5.74) is 6.64. The first-order chi connectivity index (χ1) is 9.38. The highest BCUT2D eigenvalue weighted by Crippen LogP contribution is 2.34. The number of amides is 1. The van der Waals surface area contributed by atoms with Gasteiger partial charge in [0, 0.05) is 11.3 Å². The summed E-state index contributed by atoms with van der Waals surface area (Å²) in [6, 6.07) is 7.31. The van der Waals surface area contributed by atoms with Gasteiger partial charge in [-0.15, -0.1) is 0 Å². The minimum absolute atomic E-state index is 0.0448. The van der Waals surface area contributed by atoms with E-state index >= 15 is 0 Å². The second-order valence-corrected chi connectivity index (χ2v) is 5.20. The molecule has 0 spiro atoms. The van der Waals surface area contributed by atoms with Crippen molar-refractivity contribution in [3.8, 4) is 5.75 Å². The molecular formula is C13H9Cl3N2O2. The standard InChI is InChI=1S/C13H9Cl3N2O2/c14-8-2-1-6(3-11(8)17)13(20)18-7-4-9(15)12(19)10(16)5-7/h1-5,19H,17H2,(H,18,20). The summed E-state index contributed by atoms with van der Waals surface area (Å²) in [5, 5.41) is 12.5. The molecular weight excluding hydrogens is 323 g/mol. The summed E-state index contributed by atoms with van der Waals surface area (Å²) in [6.45, 7) is 0. The molecule has 0 aliphatic rings. The number of hydrogen-bond acceptors (Lipinski definition) is 3. The number of halogens is 3. The average molecular weight is 332 g/mol. The van der Waals surface area contributed by atoms with Crippen molar-refractivity contribution in [3.05, 3.63) is 51.0 Å². The fourth-order valence-corrected chi connectivity index (χ4v) is 2.13. The summed E-state index contributed by atoms with van der Waals surface area (Å²) in [6.07, 6.45) is 0. The summed E-state index contributed by atoms with van der Waals surface area (Å²) >= 11 is 17.3. The lowest BCUT2D eigenvalue weighted by Crippen LogP contribution is -2.12. The van der Waals surface area contributed by atoms with Crippen LogP contribution in [0.4, 0.5) is 11.4 Å². The summed E-state index contributed by atoms with van der Waals surface area (Å²) in [5.74, 6) is -0.631. The van der Waals surface area contributed by atoms with Gasteiger partial charge in [-0.25, -0.2) is 0 Å². The van der Waals surface area contributed by atoms with E-state index in [9.17, 15) is 9.90 Å². The number of nitrogens with one attached hydrogen (secondary N) is 1. The van der Waals surface area contributed by atoms with E-state index in [1.165, 1.54) is 30.3 Å². The van der Waals surface area contributed by atoms with Crippen LogP contribution >= 0.6 is 34.8 Å². The fourth-order valence-electron chi connectivity index (χ4n) is 1.53. The van der Waals surface area contributed by atoms with Gasteiger partial charge in [0.2, 0.25) is 0 Å². The summed E-state index contributed by atoms with van der Waals surface area (Å²) in [7, 11) is 0. The average Bonchev–Trinajstić information content (AvgIpc) is 2.39. The third-order valence-electron chi connectivity index (χ3n) is 2.53. The maximum Gasteiger partial charge on any atom is 0.255 e. The minimum Gasteiger partial charge on any atom is -0.505 e. The van der Waals surface area contributed by atoms with Crippen LogP contribution in [0.3, 0.4) is 0 Å². The monoisotopic (exact) mass is 330 g/mol. The molecule has 0 heterocycles. The number of anilines is 2. The van der Waals surface area contributed by atoms with Crippen molar-refractivity contribution in [2.75, 3.05) is 11.1 Å². The minimum atomic E-state index is -0.397. The summed E-state index contributed by atoms with van der Waals surface area (Å²) in [4.78, 5) is 12.0. The van der Waals surface area contributed by atoms with E-state index < -0.39 is 5.91 Å². The Bertz CT molecular complexity index is 666. The number of benzene rings is 2. The van der Waals surface area contributed by atoms with Crippen molar-refractivity contribution in [3.63, 3.8) is 0 Å². The van der Waals surface area contributed by atoms with Crippen molar-refractivity contribution < 1.29 is 9.90 Å². The van der Waals surface area contributed by atoms with Crippen LogP contribution < -0.4 is 11.1 Å². The second kappa shape index (κ2) is 5.79. The van der Waals surface area contributed by atoms with Crippen LogP contribution in [-0.4, -0.2) is 11.0 Å². The van der Waals surface area contributed by atoms with Gasteiger partial charge in [-0.2, -0.15) is 0 Å². The Labute approximate surface area is 130 Å². The predicted molar refractivity (Wildman–Crippen MR) is 81.9 cm³/mol. The molecule has 0 radical (unpaired) electrons. The van der Waals surface area contributed by atoms with Gasteiger partial charge < -0.3 is 16.2 Å². The molecule has 0 saturated heterocycles. The zero-order valence-corrected chi connectivity index (χ0v) is 12.2. The van der Waals surface area contributed by atoms with Gasteiger partial charge in [-0.1, -0.05) is 34.8 Å². The van der Waals surface area contributed by atoms with E-state index in [-0.39, 0.29) is 15.8 Å². The van der Waals surface area contributed by atoms with E-state index in [2.05, 4.69) is 5.32 Å². The number of carbonyl (C=O) groups is 1. The first kappa shape index (κ1) is 14.8. The van der Waals surface area contributed by atoms with Crippen LogP contribution in [-0.2, 0) is 0 Å². The number of hydrogen-bond donors (Lipinski definition) is 3. The fraction of sp³-hybridized carbons (Fsp3) is 0. The number of phenolic OH excluding ortho intramolecular Hbond substituents is 1. The molecule has 2 aromatic rings. The summed E-state index contributed by atoms with van der Waals surface area (Å²) < 4.78 is 0. The maximum absolute atomic E-state index is 12.0. The number of nitrogen functional groups attached to an aromatic ring is 1. The molecule has 4 nitrogen and oxygen atoms in total. The van der Waals surface area contributed by atoms with E-state index in [1.54, 1.807) is 0 Å². The van der Waals surface area contributed by atoms with Crippen molar-refractivity contribution in [1.29, 1.82) is 0 Å². The quantitative estimate of drug-likeness (QED) is 0.570. The molecule has 0 aliphatic carbocycles. The first-order valence-corrected chi connectivity index (χ1v) is 6.56. The van der Waals surface area contributed by atoms with Gasteiger partial charge in [0.1, 0.15) is 0 Å². The molecule has 4 N–H and O–H groups in total. The van der Waals surface area contributed by atoms with E-state index in [0.29, 0.717) is 22.0 Å². The number of rotatable bonds is 2. The highest BCUT2D eigenvalue weighted by Gasteiger charge is 2.11. The smallest absolute Gasteiger partial charge is 0.255 e. The van der Waals surface area contributed by atoms with Gasteiger partial charge in [0.05, 0.1) is 20.8 Å². The number of nitrogens with two attached hydrogens (primary N) is 1. The van der Waals surface area contributed by atoms with Crippen LogP contribution in [0.1, 0.15) is 10.4 Å². The van der Waals surface area contributed by atoms with Gasteiger partial charge >= 0.3 is 0 Å². The van der Waals surface area contributed by atoms with E-state index in [1.807, 2.05) is 0 Å². The molecule has 0 unspecified atom stereocenters. The zero-order chi connectivity index (χ0) is 14.9. The normalized spacial score (nSPS) is 10.3. The number of aromatic hydroxyl groups is 1. The molecule has 0 atom stereocenters. The molecule has 20 heavy (non-hydrogen) atoms. The lowest BCUT2D eigenvalue weighted by atomic mass is 10.2. The van der Waals surface area contributed by atoms with Crippen LogP contribution in [0, 0.1) is 0 Å². The highest BCUT2D eigenvalue weighted by molar-refractivity contribution is 6.37. The first-order valence-electron chi connectivity index (χ1n) is 5.43. The predicted octanol–water partition coefficient (Wildman–Crippen LogP) is 4.19. The van der Waals surface area contributed by atoms with Crippen LogP contribution in [0.25, 0.3) is 0 Å². The Balaban J connectivity index is 2.25. The number of carbonyl (C=O) groups excluding carboxylic acids is 1. The van der Waals surface area contributed by atoms with Crippen molar-refractivity contribution in [2.24, 2.45) is 0 Å². The Morgan fingerprint density at radius 1 is 1.05 bits per heavy atom. The lowest BCUT2D eigenvalue weighted by Gasteiger charge is -2.08. The molecule has 7 heteroatoms. The number of phenols is 1. The molecule has 0 aliphatic heterocycles. The highest BCUT2D eigenvalue weighted by atomic mass is 35.5. The third kappa shape index (κ3) is 3.10. The maximum atomic E-state index is 12.0. The second-order valence-electron chi connectivity index (χ2n) is 3.98. The molecule has 2 aromatic carbocycles. The topological polar surface area (TPSA) is 75.4 Å². The van der Waals surface area contributed by atoms with Gasteiger partial charge in [0.15, 0.2) is 5.75 Å². The Morgan fingerprint density at radius 2 is 1.65 bits per heavy atom. The molecule has 2 rings (SSSR count). The Hall–Kier alpha value is -1.62. The van der Waals surface area contributed by atoms with Crippen molar-refractivity contribution >= 4 is 52.1 Å². The van der Waals surface area contributed by atoms with E-state index in [0.717, 1.165) is 0 Å². The van der Waals surface area contributed by atoms with Gasteiger partial charge in [-0.05, 0) is 30.3 Å². The van der Waals surface area contributed by atoms with Crippen molar-refractivity contribution in [1.82, 2.24) is 0 Å². The van der Waals surface area contributed by atoms with Crippen LogP contribution in [0.15, 0.2) is 30.3 Å². The molecule has 0 saturated carbocycles. The van der Waals surface area contributed by atoms with Gasteiger partial charge in [0.25, 0.3) is 5.91 Å². The molecule has 0 aromatic heterocycles. The largest absolute Gasteiger partial charge is 0.505 e. The molecule has 0 fully saturated rings. The Morgan fingerprint density at radius 3 is 2.20 bits per heavy atom. The van der Waals surface area contributed by atoms with Gasteiger partial charge in [-0.3, -0.25) is 4.79 Å². The SMILES string of the molecule is Nc1cc(C(=O)Nc2cc(Cl)c(O)c(Cl)c2)ccc1Cl. The van der Waals surface area contributed by atoms with E-state index in [4.69, 9.17) is 40.5 Å².